The van der Waals surface area contributed by atoms with Gasteiger partial charge in [-0.3, -0.25) is 14.9 Å². The van der Waals surface area contributed by atoms with Gasteiger partial charge >= 0.3 is 0 Å². The van der Waals surface area contributed by atoms with Crippen molar-refractivity contribution in [3.8, 4) is 17.0 Å². The molecule has 0 spiro atoms. The third-order valence-electron chi connectivity index (χ3n) is 5.83. The van der Waals surface area contributed by atoms with E-state index in [0.717, 1.165) is 23.1 Å². The summed E-state index contributed by atoms with van der Waals surface area (Å²) < 4.78 is 0. The number of phenolic OH excluding ortho intramolecular Hbond substituents is 1. The lowest BCUT2D eigenvalue weighted by Gasteiger charge is -2.26. The number of phenols is 1. The highest BCUT2D eigenvalue weighted by atomic mass is 16.3. The Kier molecular flexibility index (Phi) is 4.75. The molecule has 6 heteroatoms. The zero-order valence-electron chi connectivity index (χ0n) is 17.1. The van der Waals surface area contributed by atoms with E-state index in [9.17, 15) is 9.90 Å². The Balaban J connectivity index is 1.66. The van der Waals surface area contributed by atoms with Crippen LogP contribution in [0.15, 0.2) is 73.1 Å². The van der Waals surface area contributed by atoms with E-state index in [4.69, 9.17) is 0 Å². The Morgan fingerprint density at radius 3 is 2.45 bits per heavy atom. The van der Waals surface area contributed by atoms with Crippen LogP contribution in [0.1, 0.15) is 45.7 Å². The number of para-hydroxylation sites is 1. The zero-order chi connectivity index (χ0) is 21.4. The van der Waals surface area contributed by atoms with Gasteiger partial charge in [-0.05, 0) is 47.4 Å². The lowest BCUT2D eigenvalue weighted by molar-refractivity contribution is 0.0730. The molecule has 2 aromatic carbocycles. The van der Waals surface area contributed by atoms with Crippen LogP contribution in [0.25, 0.3) is 11.3 Å². The van der Waals surface area contributed by atoms with Gasteiger partial charge in [-0.25, -0.2) is 0 Å². The molecule has 0 saturated heterocycles. The summed E-state index contributed by atoms with van der Waals surface area (Å²) in [7, 11) is 0. The van der Waals surface area contributed by atoms with Crippen molar-refractivity contribution in [2.24, 2.45) is 0 Å². The molecule has 1 atom stereocenters. The first-order valence-electron chi connectivity index (χ1n) is 10.3. The molecule has 0 aliphatic carbocycles. The van der Waals surface area contributed by atoms with Crippen molar-refractivity contribution >= 4 is 5.91 Å². The van der Waals surface area contributed by atoms with Gasteiger partial charge in [0.05, 0.1) is 6.04 Å². The first kappa shape index (κ1) is 19.1. The van der Waals surface area contributed by atoms with E-state index in [-0.39, 0.29) is 17.7 Å². The molecule has 0 fully saturated rings. The largest absolute Gasteiger partial charge is 0.507 e. The maximum Gasteiger partial charge on any atom is 0.273 e. The Hall–Kier alpha value is -3.93. The molecule has 4 aromatic rings. The van der Waals surface area contributed by atoms with Gasteiger partial charge < -0.3 is 10.0 Å². The molecular formula is C25H22N4O2. The van der Waals surface area contributed by atoms with Crippen LogP contribution >= 0.6 is 0 Å². The van der Waals surface area contributed by atoms with Crippen LogP contribution in [0.5, 0.6) is 5.75 Å². The number of fused-ring (bicyclic) bond motifs is 1. The van der Waals surface area contributed by atoms with Gasteiger partial charge in [0.25, 0.3) is 5.91 Å². The Morgan fingerprint density at radius 1 is 1.00 bits per heavy atom. The van der Waals surface area contributed by atoms with Crippen molar-refractivity contribution in [1.82, 2.24) is 20.1 Å². The summed E-state index contributed by atoms with van der Waals surface area (Å²) >= 11 is 0. The molecule has 0 bridgehead atoms. The second-order valence-corrected chi connectivity index (χ2v) is 7.66. The normalized spacial score (nSPS) is 15.3. The van der Waals surface area contributed by atoms with Gasteiger partial charge in [0.2, 0.25) is 0 Å². The molecule has 1 aliphatic rings. The van der Waals surface area contributed by atoms with Crippen molar-refractivity contribution in [3.63, 3.8) is 0 Å². The monoisotopic (exact) mass is 410 g/mol. The fourth-order valence-electron chi connectivity index (χ4n) is 4.21. The number of amides is 1. The number of hydrogen-bond acceptors (Lipinski definition) is 4. The van der Waals surface area contributed by atoms with Crippen molar-refractivity contribution in [2.75, 3.05) is 0 Å². The number of hydrogen-bond donors (Lipinski definition) is 2. The Morgan fingerprint density at radius 2 is 1.74 bits per heavy atom. The molecule has 154 valence electrons. The number of rotatable bonds is 5. The lowest BCUT2D eigenvalue weighted by Crippen LogP contribution is -2.29. The van der Waals surface area contributed by atoms with E-state index in [1.165, 1.54) is 5.56 Å². The number of aromatic nitrogens is 3. The van der Waals surface area contributed by atoms with E-state index < -0.39 is 0 Å². The molecule has 1 amide bonds. The number of aromatic amines is 1. The number of carbonyl (C=O) groups excluding carboxylic acids is 1. The molecule has 2 N–H and O–H groups in total. The van der Waals surface area contributed by atoms with Gasteiger partial charge in [-0.1, -0.05) is 43.3 Å². The summed E-state index contributed by atoms with van der Waals surface area (Å²) in [5.41, 5.74) is 5.72. The predicted octanol–water partition coefficient (Wildman–Crippen LogP) is 4.49. The first-order valence-corrected chi connectivity index (χ1v) is 10.3. The lowest BCUT2D eigenvalue weighted by atomic mass is 9.94. The summed E-state index contributed by atoms with van der Waals surface area (Å²) in [6, 6.07) is 18.9. The van der Waals surface area contributed by atoms with Crippen LogP contribution in [0.3, 0.4) is 0 Å². The molecule has 0 radical (unpaired) electrons. The Bertz CT molecular complexity index is 1230. The van der Waals surface area contributed by atoms with E-state index in [1.54, 1.807) is 24.5 Å². The van der Waals surface area contributed by atoms with Gasteiger partial charge in [-0.15, -0.1) is 0 Å². The highest BCUT2D eigenvalue weighted by Crippen LogP contribution is 2.44. The van der Waals surface area contributed by atoms with Gasteiger partial charge in [0.1, 0.15) is 17.1 Å². The van der Waals surface area contributed by atoms with E-state index in [1.807, 2.05) is 29.2 Å². The number of pyridine rings is 1. The second-order valence-electron chi connectivity index (χ2n) is 7.66. The number of aryl methyl sites for hydroxylation is 1. The smallest absolute Gasteiger partial charge is 0.273 e. The van der Waals surface area contributed by atoms with Gasteiger partial charge in [-0.2, -0.15) is 5.10 Å². The van der Waals surface area contributed by atoms with Crippen molar-refractivity contribution < 1.29 is 9.90 Å². The van der Waals surface area contributed by atoms with Gasteiger partial charge in [0.15, 0.2) is 0 Å². The molecule has 1 aliphatic heterocycles. The highest BCUT2D eigenvalue weighted by Gasteiger charge is 2.42. The fraction of sp³-hybridized carbons (Fsp3) is 0.160. The van der Waals surface area contributed by atoms with Gasteiger partial charge in [0, 0.05) is 30.1 Å². The minimum Gasteiger partial charge on any atom is -0.507 e. The molecular weight excluding hydrogens is 388 g/mol. The number of nitrogens with zero attached hydrogens (tertiary/aromatic N) is 3. The molecule has 5 rings (SSSR count). The predicted molar refractivity (Wildman–Crippen MR) is 117 cm³/mol. The Labute approximate surface area is 180 Å². The van der Waals surface area contributed by atoms with Crippen LogP contribution < -0.4 is 0 Å². The average Bonchev–Trinajstić information content (AvgIpc) is 3.34. The standard InChI is InChI=1S/C25H22N4O2/c1-2-16-7-9-18(10-8-16)24-21-22(19-5-3-4-6-20(19)30)27-28-23(21)25(31)29(24)15-17-11-13-26-14-12-17/h3-14,24,30H,2,15H2,1H3,(H,27,28)/t24-/m0/s1. The van der Waals surface area contributed by atoms with Crippen LogP contribution in [-0.2, 0) is 13.0 Å². The number of aromatic hydroxyl groups is 1. The summed E-state index contributed by atoms with van der Waals surface area (Å²) in [4.78, 5) is 19.3. The maximum absolute atomic E-state index is 13.4. The molecule has 2 aromatic heterocycles. The summed E-state index contributed by atoms with van der Waals surface area (Å²) in [6.45, 7) is 2.57. The molecule has 0 saturated carbocycles. The first-order chi connectivity index (χ1) is 15.2. The average molecular weight is 410 g/mol. The van der Waals surface area contributed by atoms with Crippen LogP contribution in [0.4, 0.5) is 0 Å². The SMILES string of the molecule is CCc1ccc([C@H]2c3c(-c4ccccc4O)n[nH]c3C(=O)N2Cc2ccncc2)cc1. The summed E-state index contributed by atoms with van der Waals surface area (Å²) in [5.74, 6) is 0.0301. The van der Waals surface area contributed by atoms with Crippen LogP contribution in [0, 0.1) is 0 Å². The highest BCUT2D eigenvalue weighted by molar-refractivity contribution is 6.00. The summed E-state index contributed by atoms with van der Waals surface area (Å²) in [5, 5.41) is 17.8. The molecule has 0 unspecified atom stereocenters. The fourth-order valence-corrected chi connectivity index (χ4v) is 4.21. The maximum atomic E-state index is 13.4. The number of H-pyrrole nitrogens is 1. The van der Waals surface area contributed by atoms with Crippen molar-refractivity contribution in [3.05, 3.63) is 101 Å². The van der Waals surface area contributed by atoms with E-state index >= 15 is 0 Å². The molecule has 3 heterocycles. The van der Waals surface area contributed by atoms with Crippen LogP contribution in [-0.4, -0.2) is 31.1 Å². The number of nitrogens with one attached hydrogen (secondary N) is 1. The number of carbonyl (C=O) groups is 1. The van der Waals surface area contributed by atoms with Crippen molar-refractivity contribution in [1.29, 1.82) is 0 Å². The zero-order valence-corrected chi connectivity index (χ0v) is 17.1. The van der Waals surface area contributed by atoms with E-state index in [0.29, 0.717) is 23.5 Å². The third-order valence-corrected chi connectivity index (χ3v) is 5.83. The molecule has 31 heavy (non-hydrogen) atoms. The minimum absolute atomic E-state index is 0.106. The summed E-state index contributed by atoms with van der Waals surface area (Å²) in [6.07, 6.45) is 4.41. The topological polar surface area (TPSA) is 82.1 Å². The van der Waals surface area contributed by atoms with E-state index in [2.05, 4.69) is 46.4 Å². The second kappa shape index (κ2) is 7.72. The third kappa shape index (κ3) is 3.26. The quantitative estimate of drug-likeness (QED) is 0.508. The van der Waals surface area contributed by atoms with Crippen LogP contribution in [0.2, 0.25) is 0 Å². The number of benzene rings is 2. The minimum atomic E-state index is -0.310. The van der Waals surface area contributed by atoms with Crippen molar-refractivity contribution in [2.45, 2.75) is 25.9 Å². The molecule has 6 nitrogen and oxygen atoms in total.